The van der Waals surface area contributed by atoms with Crippen LogP contribution in [0.1, 0.15) is 29.3 Å². The average Bonchev–Trinajstić information content (AvgIpc) is 2.28. The van der Waals surface area contributed by atoms with E-state index in [0.29, 0.717) is 24.8 Å². The molecule has 0 bridgehead atoms. The molecule has 0 atom stereocenters. The van der Waals surface area contributed by atoms with E-state index in [9.17, 15) is 14.7 Å². The Morgan fingerprint density at radius 2 is 2.24 bits per heavy atom. The number of benzene rings is 1. The highest BCUT2D eigenvalue weighted by molar-refractivity contribution is 5.85. The first-order valence-corrected chi connectivity index (χ1v) is 5.33. The van der Waals surface area contributed by atoms with Crippen molar-refractivity contribution in [2.24, 2.45) is 0 Å². The molecule has 0 fully saturated rings. The van der Waals surface area contributed by atoms with Crippen molar-refractivity contribution in [2.45, 2.75) is 13.3 Å². The molecule has 1 aromatic carbocycles. The Labute approximate surface area is 100.0 Å². The fourth-order valence-corrected chi connectivity index (χ4v) is 1.39. The molecular weight excluding hydrogens is 218 g/mol. The molecule has 2 N–H and O–H groups in total. The molecule has 0 saturated carbocycles. The van der Waals surface area contributed by atoms with Gasteiger partial charge in [-0.15, -0.1) is 0 Å². The Morgan fingerprint density at radius 3 is 2.88 bits per heavy atom. The maximum atomic E-state index is 10.8. The molecule has 1 rings (SSSR count). The van der Waals surface area contributed by atoms with Crippen LogP contribution >= 0.6 is 0 Å². The van der Waals surface area contributed by atoms with E-state index in [4.69, 9.17) is 0 Å². The Bertz CT molecular complexity index is 438. The van der Waals surface area contributed by atoms with E-state index in [0.717, 1.165) is 0 Å². The van der Waals surface area contributed by atoms with Crippen molar-refractivity contribution in [3.05, 3.63) is 35.4 Å². The first kappa shape index (κ1) is 13.0. The topological polar surface area (TPSA) is 66.4 Å². The van der Waals surface area contributed by atoms with Gasteiger partial charge in [0.25, 0.3) is 0 Å². The summed E-state index contributed by atoms with van der Waals surface area (Å²) in [4.78, 5) is 21.4. The summed E-state index contributed by atoms with van der Waals surface area (Å²) in [5.41, 5.74) is 0.950. The van der Waals surface area contributed by atoms with Gasteiger partial charge >= 0.3 is 0 Å². The van der Waals surface area contributed by atoms with E-state index in [1.807, 2.05) is 6.08 Å². The standard InChI is InChI=1S/C13H15NO3/c1-10(16)14-8-3-2-5-11-6-4-7-13(17)12(11)9-15/h2,4-7,9,17H,3,8H2,1H3,(H,14,16). The molecule has 0 aliphatic heterocycles. The number of carbonyl (C=O) groups is 2. The molecule has 90 valence electrons. The smallest absolute Gasteiger partial charge is 0.216 e. The predicted octanol–water partition coefficient (Wildman–Crippen LogP) is 1.74. The number of hydrogen-bond donors (Lipinski definition) is 2. The fourth-order valence-electron chi connectivity index (χ4n) is 1.39. The number of aldehydes is 1. The predicted molar refractivity (Wildman–Crippen MR) is 65.8 cm³/mol. The summed E-state index contributed by atoms with van der Waals surface area (Å²) in [5, 5.41) is 12.1. The maximum absolute atomic E-state index is 10.8. The summed E-state index contributed by atoms with van der Waals surface area (Å²) in [7, 11) is 0. The lowest BCUT2D eigenvalue weighted by Crippen LogP contribution is -2.20. The van der Waals surface area contributed by atoms with E-state index in [1.165, 1.54) is 13.0 Å². The highest BCUT2D eigenvalue weighted by atomic mass is 16.3. The van der Waals surface area contributed by atoms with Crippen LogP contribution < -0.4 is 5.32 Å². The molecular formula is C13H15NO3. The number of phenols is 1. The summed E-state index contributed by atoms with van der Waals surface area (Å²) in [6.45, 7) is 2.02. The molecule has 0 heterocycles. The first-order chi connectivity index (χ1) is 8.15. The lowest BCUT2D eigenvalue weighted by atomic mass is 10.1. The lowest BCUT2D eigenvalue weighted by molar-refractivity contribution is -0.118. The Morgan fingerprint density at radius 1 is 1.47 bits per heavy atom. The summed E-state index contributed by atoms with van der Waals surface area (Å²) >= 11 is 0. The van der Waals surface area contributed by atoms with Crippen LogP contribution in [0.25, 0.3) is 6.08 Å². The Hall–Kier alpha value is -2.10. The van der Waals surface area contributed by atoms with Crippen LogP contribution in [0.15, 0.2) is 24.3 Å². The molecule has 0 aromatic heterocycles. The normalized spacial score (nSPS) is 10.4. The second-order valence-corrected chi connectivity index (χ2v) is 3.57. The number of aromatic hydroxyl groups is 1. The quantitative estimate of drug-likeness (QED) is 0.601. The average molecular weight is 233 g/mol. The van der Waals surface area contributed by atoms with Crippen molar-refractivity contribution in [1.82, 2.24) is 5.32 Å². The van der Waals surface area contributed by atoms with E-state index < -0.39 is 0 Å². The highest BCUT2D eigenvalue weighted by Crippen LogP contribution is 2.19. The van der Waals surface area contributed by atoms with Gasteiger partial charge < -0.3 is 10.4 Å². The van der Waals surface area contributed by atoms with Gasteiger partial charge in [0, 0.05) is 13.5 Å². The number of rotatable bonds is 5. The van der Waals surface area contributed by atoms with Gasteiger partial charge in [-0.1, -0.05) is 24.3 Å². The van der Waals surface area contributed by atoms with Crippen molar-refractivity contribution >= 4 is 18.3 Å². The number of amides is 1. The van der Waals surface area contributed by atoms with E-state index >= 15 is 0 Å². The summed E-state index contributed by atoms with van der Waals surface area (Å²) < 4.78 is 0. The largest absolute Gasteiger partial charge is 0.507 e. The number of carbonyl (C=O) groups excluding carboxylic acids is 2. The zero-order valence-corrected chi connectivity index (χ0v) is 9.64. The summed E-state index contributed by atoms with van der Waals surface area (Å²) in [5.74, 6) is -0.0895. The van der Waals surface area contributed by atoms with Gasteiger partial charge in [-0.3, -0.25) is 9.59 Å². The van der Waals surface area contributed by atoms with Crippen molar-refractivity contribution in [2.75, 3.05) is 6.54 Å². The molecule has 1 aromatic rings. The minimum Gasteiger partial charge on any atom is -0.507 e. The highest BCUT2D eigenvalue weighted by Gasteiger charge is 2.02. The molecule has 0 aliphatic rings. The molecule has 0 spiro atoms. The molecule has 0 radical (unpaired) electrons. The van der Waals surface area contributed by atoms with Gasteiger partial charge in [0.15, 0.2) is 6.29 Å². The van der Waals surface area contributed by atoms with Crippen molar-refractivity contribution in [3.63, 3.8) is 0 Å². The van der Waals surface area contributed by atoms with E-state index in [2.05, 4.69) is 5.32 Å². The molecule has 4 heteroatoms. The third-order valence-electron chi connectivity index (χ3n) is 2.22. The van der Waals surface area contributed by atoms with Crippen LogP contribution in [0.3, 0.4) is 0 Å². The van der Waals surface area contributed by atoms with E-state index in [-0.39, 0.29) is 17.2 Å². The van der Waals surface area contributed by atoms with Crippen molar-refractivity contribution < 1.29 is 14.7 Å². The van der Waals surface area contributed by atoms with Crippen LogP contribution in [-0.4, -0.2) is 23.8 Å². The molecule has 0 unspecified atom stereocenters. The zero-order valence-electron chi connectivity index (χ0n) is 9.64. The van der Waals surface area contributed by atoms with Gasteiger partial charge in [0.05, 0.1) is 5.56 Å². The van der Waals surface area contributed by atoms with Crippen molar-refractivity contribution in [3.8, 4) is 5.75 Å². The Kier molecular flexibility index (Phi) is 4.94. The van der Waals surface area contributed by atoms with Gasteiger partial charge in [0.2, 0.25) is 5.91 Å². The maximum Gasteiger partial charge on any atom is 0.216 e. The summed E-state index contributed by atoms with van der Waals surface area (Å²) in [6, 6.07) is 4.90. The second kappa shape index (κ2) is 6.48. The van der Waals surface area contributed by atoms with Crippen LogP contribution in [-0.2, 0) is 4.79 Å². The number of hydrogen-bond acceptors (Lipinski definition) is 3. The molecule has 4 nitrogen and oxygen atoms in total. The van der Waals surface area contributed by atoms with Crippen LogP contribution in [0.2, 0.25) is 0 Å². The fraction of sp³-hybridized carbons (Fsp3) is 0.231. The molecule has 0 saturated heterocycles. The van der Waals surface area contributed by atoms with Crippen molar-refractivity contribution in [1.29, 1.82) is 0 Å². The van der Waals surface area contributed by atoms with Gasteiger partial charge in [0.1, 0.15) is 5.75 Å². The van der Waals surface area contributed by atoms with Crippen LogP contribution in [0.5, 0.6) is 5.75 Å². The van der Waals surface area contributed by atoms with Crippen LogP contribution in [0, 0.1) is 0 Å². The van der Waals surface area contributed by atoms with E-state index in [1.54, 1.807) is 18.2 Å². The zero-order chi connectivity index (χ0) is 12.7. The van der Waals surface area contributed by atoms with Crippen LogP contribution in [0.4, 0.5) is 0 Å². The summed E-state index contributed by atoms with van der Waals surface area (Å²) in [6.07, 6.45) is 4.90. The minimum atomic E-state index is -0.0654. The minimum absolute atomic E-state index is 0.0241. The monoisotopic (exact) mass is 233 g/mol. The third kappa shape index (κ3) is 4.10. The molecule has 17 heavy (non-hydrogen) atoms. The first-order valence-electron chi connectivity index (χ1n) is 5.33. The Balaban J connectivity index is 2.62. The number of phenolic OH excluding ortho intramolecular Hbond substituents is 1. The second-order valence-electron chi connectivity index (χ2n) is 3.57. The SMILES string of the molecule is CC(=O)NCCC=Cc1cccc(O)c1C=O. The molecule has 1 amide bonds. The van der Waals surface area contributed by atoms with Gasteiger partial charge in [-0.2, -0.15) is 0 Å². The number of nitrogens with one attached hydrogen (secondary N) is 1. The molecule has 0 aliphatic carbocycles. The lowest BCUT2D eigenvalue weighted by Gasteiger charge is -2.01. The van der Waals surface area contributed by atoms with Gasteiger partial charge in [-0.25, -0.2) is 0 Å². The van der Waals surface area contributed by atoms with Gasteiger partial charge in [-0.05, 0) is 18.1 Å². The third-order valence-corrected chi connectivity index (χ3v) is 2.22.